The van der Waals surface area contributed by atoms with Gasteiger partial charge in [-0.1, -0.05) is 19.1 Å². The van der Waals surface area contributed by atoms with Crippen LogP contribution in [-0.4, -0.2) is 29.6 Å². The molecule has 1 atom stereocenters. The molecule has 0 radical (unpaired) electrons. The molecule has 1 heterocycles. The summed E-state index contributed by atoms with van der Waals surface area (Å²) in [7, 11) is 0. The summed E-state index contributed by atoms with van der Waals surface area (Å²) in [6.45, 7) is 5.66. The van der Waals surface area contributed by atoms with E-state index in [9.17, 15) is 5.11 Å². The summed E-state index contributed by atoms with van der Waals surface area (Å²) in [5.41, 5.74) is 7.35. The Hall–Kier alpha value is -1.06. The zero-order valence-electron chi connectivity index (χ0n) is 11.2. The van der Waals surface area contributed by atoms with Crippen LogP contribution in [-0.2, 0) is 0 Å². The molecule has 18 heavy (non-hydrogen) atoms. The van der Waals surface area contributed by atoms with E-state index < -0.39 is 0 Å². The number of benzene rings is 1. The molecule has 0 bridgehead atoms. The standard InChI is InChI=1S/C15H24N2O/c1-12-6-9-17(10-7-12)11-8-15(18)13-2-4-14(16)5-3-13/h2-5,12,15,18H,6-11,16H2,1H3. The van der Waals surface area contributed by atoms with E-state index >= 15 is 0 Å². The monoisotopic (exact) mass is 248 g/mol. The molecular weight excluding hydrogens is 224 g/mol. The lowest BCUT2D eigenvalue weighted by molar-refractivity contribution is 0.125. The molecule has 3 nitrogen and oxygen atoms in total. The average Bonchev–Trinajstić information content (AvgIpc) is 2.38. The van der Waals surface area contributed by atoms with Gasteiger partial charge in [-0.15, -0.1) is 0 Å². The number of hydrogen-bond acceptors (Lipinski definition) is 3. The third-order valence-corrected chi connectivity index (χ3v) is 3.92. The highest BCUT2D eigenvalue weighted by Crippen LogP contribution is 2.21. The first-order valence-corrected chi connectivity index (χ1v) is 6.91. The molecule has 0 amide bonds. The minimum absolute atomic E-state index is 0.370. The lowest BCUT2D eigenvalue weighted by Crippen LogP contribution is -2.34. The molecule has 0 aliphatic carbocycles. The van der Waals surface area contributed by atoms with Crippen LogP contribution >= 0.6 is 0 Å². The molecule has 1 aliphatic heterocycles. The van der Waals surface area contributed by atoms with Gasteiger partial charge in [0.15, 0.2) is 0 Å². The Morgan fingerprint density at radius 1 is 1.28 bits per heavy atom. The lowest BCUT2D eigenvalue weighted by Gasteiger charge is -2.30. The minimum atomic E-state index is -0.370. The highest BCUT2D eigenvalue weighted by molar-refractivity contribution is 5.39. The maximum atomic E-state index is 10.1. The Bertz CT molecular complexity index is 355. The van der Waals surface area contributed by atoms with Crippen LogP contribution in [0.3, 0.4) is 0 Å². The first-order chi connectivity index (χ1) is 8.65. The van der Waals surface area contributed by atoms with Crippen molar-refractivity contribution in [2.45, 2.75) is 32.3 Å². The molecule has 1 saturated heterocycles. The van der Waals surface area contributed by atoms with Gasteiger partial charge in [-0.05, 0) is 56.0 Å². The average molecular weight is 248 g/mol. The van der Waals surface area contributed by atoms with E-state index in [0.717, 1.165) is 30.1 Å². The topological polar surface area (TPSA) is 49.5 Å². The maximum Gasteiger partial charge on any atom is 0.0802 e. The van der Waals surface area contributed by atoms with Crippen molar-refractivity contribution in [3.8, 4) is 0 Å². The molecule has 3 heteroatoms. The number of likely N-dealkylation sites (tertiary alicyclic amines) is 1. The normalized spacial score (nSPS) is 19.9. The first kappa shape index (κ1) is 13.4. The second-order valence-corrected chi connectivity index (χ2v) is 5.50. The van der Waals surface area contributed by atoms with Crippen molar-refractivity contribution in [1.82, 2.24) is 4.90 Å². The number of aliphatic hydroxyl groups is 1. The summed E-state index contributed by atoms with van der Waals surface area (Å²) in [5.74, 6) is 0.864. The molecule has 1 aliphatic rings. The first-order valence-electron chi connectivity index (χ1n) is 6.91. The van der Waals surface area contributed by atoms with Crippen LogP contribution in [0.5, 0.6) is 0 Å². The predicted molar refractivity (Wildman–Crippen MR) is 75.3 cm³/mol. The molecule has 0 saturated carbocycles. The van der Waals surface area contributed by atoms with Crippen molar-refractivity contribution < 1.29 is 5.11 Å². The van der Waals surface area contributed by atoms with E-state index in [0.29, 0.717) is 0 Å². The fourth-order valence-electron chi connectivity index (χ4n) is 2.48. The summed E-state index contributed by atoms with van der Waals surface area (Å²) in [5, 5.41) is 10.1. The van der Waals surface area contributed by atoms with Crippen LogP contribution in [0.4, 0.5) is 5.69 Å². The van der Waals surface area contributed by atoms with Gasteiger partial charge in [-0.3, -0.25) is 0 Å². The smallest absolute Gasteiger partial charge is 0.0802 e. The lowest BCUT2D eigenvalue weighted by atomic mass is 9.98. The van der Waals surface area contributed by atoms with Gasteiger partial charge in [-0.2, -0.15) is 0 Å². The SMILES string of the molecule is CC1CCN(CCC(O)c2ccc(N)cc2)CC1. The molecule has 1 fully saturated rings. The third kappa shape index (κ3) is 3.72. The molecular formula is C15H24N2O. The van der Waals surface area contributed by atoms with Gasteiger partial charge >= 0.3 is 0 Å². The van der Waals surface area contributed by atoms with E-state index in [-0.39, 0.29) is 6.10 Å². The number of rotatable bonds is 4. The van der Waals surface area contributed by atoms with Crippen molar-refractivity contribution in [2.75, 3.05) is 25.4 Å². The van der Waals surface area contributed by atoms with Gasteiger partial charge in [-0.25, -0.2) is 0 Å². The van der Waals surface area contributed by atoms with Gasteiger partial charge in [0.05, 0.1) is 6.10 Å². The Morgan fingerprint density at radius 2 is 1.89 bits per heavy atom. The van der Waals surface area contributed by atoms with Crippen LogP contribution in [0.2, 0.25) is 0 Å². The molecule has 1 unspecified atom stereocenters. The molecule has 1 aromatic rings. The number of aliphatic hydroxyl groups excluding tert-OH is 1. The van der Waals surface area contributed by atoms with Crippen LogP contribution in [0.25, 0.3) is 0 Å². The van der Waals surface area contributed by atoms with Crippen LogP contribution in [0.15, 0.2) is 24.3 Å². The molecule has 100 valence electrons. The number of nitrogens with zero attached hydrogens (tertiary/aromatic N) is 1. The third-order valence-electron chi connectivity index (χ3n) is 3.92. The summed E-state index contributed by atoms with van der Waals surface area (Å²) >= 11 is 0. The number of nitrogen functional groups attached to an aromatic ring is 1. The Labute approximate surface area is 110 Å². The van der Waals surface area contributed by atoms with E-state index in [1.807, 2.05) is 24.3 Å². The van der Waals surface area contributed by atoms with Crippen molar-refractivity contribution in [1.29, 1.82) is 0 Å². The predicted octanol–water partition coefficient (Wildman–Crippen LogP) is 2.42. The van der Waals surface area contributed by atoms with Gasteiger partial charge in [0.25, 0.3) is 0 Å². The molecule has 3 N–H and O–H groups in total. The van der Waals surface area contributed by atoms with Gasteiger partial charge in [0, 0.05) is 12.2 Å². The van der Waals surface area contributed by atoms with Crippen LogP contribution in [0.1, 0.15) is 37.9 Å². The summed E-state index contributed by atoms with van der Waals surface area (Å²) in [6, 6.07) is 7.53. The molecule has 1 aromatic carbocycles. The van der Waals surface area contributed by atoms with E-state index in [4.69, 9.17) is 5.73 Å². The fourth-order valence-corrected chi connectivity index (χ4v) is 2.48. The summed E-state index contributed by atoms with van der Waals surface area (Å²) in [4.78, 5) is 2.46. The van der Waals surface area contributed by atoms with E-state index in [2.05, 4.69) is 11.8 Å². The Balaban J connectivity index is 1.77. The van der Waals surface area contributed by atoms with Crippen molar-refractivity contribution >= 4 is 5.69 Å². The number of hydrogen-bond donors (Lipinski definition) is 2. The Morgan fingerprint density at radius 3 is 2.50 bits per heavy atom. The van der Waals surface area contributed by atoms with Gasteiger partial charge in [0.2, 0.25) is 0 Å². The number of piperidine rings is 1. The maximum absolute atomic E-state index is 10.1. The second kappa shape index (κ2) is 6.21. The highest BCUT2D eigenvalue weighted by atomic mass is 16.3. The zero-order valence-corrected chi connectivity index (χ0v) is 11.2. The minimum Gasteiger partial charge on any atom is -0.399 e. The van der Waals surface area contributed by atoms with Gasteiger partial charge in [0.1, 0.15) is 0 Å². The quantitative estimate of drug-likeness (QED) is 0.805. The zero-order chi connectivity index (χ0) is 13.0. The Kier molecular flexibility index (Phi) is 4.61. The second-order valence-electron chi connectivity index (χ2n) is 5.50. The van der Waals surface area contributed by atoms with Crippen molar-refractivity contribution in [2.24, 2.45) is 5.92 Å². The van der Waals surface area contributed by atoms with Crippen LogP contribution < -0.4 is 5.73 Å². The molecule has 2 rings (SSSR count). The van der Waals surface area contributed by atoms with Crippen molar-refractivity contribution in [3.05, 3.63) is 29.8 Å². The van der Waals surface area contributed by atoms with Crippen LogP contribution in [0, 0.1) is 5.92 Å². The van der Waals surface area contributed by atoms with Crippen molar-refractivity contribution in [3.63, 3.8) is 0 Å². The summed E-state index contributed by atoms with van der Waals surface area (Å²) in [6.07, 6.45) is 3.01. The molecule has 0 spiro atoms. The largest absolute Gasteiger partial charge is 0.399 e. The van der Waals surface area contributed by atoms with Gasteiger partial charge < -0.3 is 15.7 Å². The summed E-state index contributed by atoms with van der Waals surface area (Å²) < 4.78 is 0. The number of anilines is 1. The van der Waals surface area contributed by atoms with E-state index in [1.165, 1.54) is 25.9 Å². The van der Waals surface area contributed by atoms with E-state index in [1.54, 1.807) is 0 Å². The highest BCUT2D eigenvalue weighted by Gasteiger charge is 2.16. The molecule has 0 aromatic heterocycles. The fraction of sp³-hybridized carbons (Fsp3) is 0.600. The number of nitrogens with two attached hydrogens (primary N) is 1.